The molecule has 0 atom stereocenters. The second-order valence-electron chi connectivity index (χ2n) is 10.5. The summed E-state index contributed by atoms with van der Waals surface area (Å²) in [6.07, 6.45) is 0. The minimum atomic E-state index is -0.529. The Morgan fingerprint density at radius 3 is 2.22 bits per heavy atom. The number of furan rings is 1. The third-order valence-corrected chi connectivity index (χ3v) is 9.07. The molecule has 45 heavy (non-hydrogen) atoms. The van der Waals surface area contributed by atoms with Gasteiger partial charge in [0.05, 0.1) is 29.4 Å². The van der Waals surface area contributed by atoms with Crippen molar-refractivity contribution in [2.24, 2.45) is 0 Å². The predicted octanol–water partition coefficient (Wildman–Crippen LogP) is 10.6. The summed E-state index contributed by atoms with van der Waals surface area (Å²) in [6.45, 7) is 0. The van der Waals surface area contributed by atoms with Gasteiger partial charge in [0.15, 0.2) is 11.6 Å². The van der Waals surface area contributed by atoms with Crippen LogP contribution in [0.5, 0.6) is 0 Å². The smallest absolute Gasteiger partial charge is 0.238 e. The molecular formula is C39H22N4OS. The summed E-state index contributed by atoms with van der Waals surface area (Å²) in [5.74, 6) is 0.419. The molecule has 0 unspecified atom stereocenters. The fourth-order valence-electron chi connectivity index (χ4n) is 5.94. The highest BCUT2D eigenvalue weighted by molar-refractivity contribution is 7.26. The molecule has 4 heterocycles. The highest BCUT2D eigenvalue weighted by atomic mass is 32.1. The second-order valence-corrected chi connectivity index (χ2v) is 11.5. The summed E-state index contributed by atoms with van der Waals surface area (Å²) in [5.41, 5.74) is 2.64. The summed E-state index contributed by atoms with van der Waals surface area (Å²) in [6, 6.07) is 18.2. The van der Waals surface area contributed by atoms with Gasteiger partial charge in [-0.25, -0.2) is 4.98 Å². The molecule has 0 aliphatic rings. The quantitative estimate of drug-likeness (QED) is 0.201. The van der Waals surface area contributed by atoms with Crippen LogP contribution in [0, 0.1) is 0 Å². The minimum absolute atomic E-state index is 0.0228. The fourth-order valence-corrected chi connectivity index (χ4v) is 7.05. The molecule has 0 radical (unpaired) electrons. The van der Waals surface area contributed by atoms with E-state index in [4.69, 9.17) is 29.0 Å². The van der Waals surface area contributed by atoms with Gasteiger partial charge in [0, 0.05) is 48.1 Å². The standard InChI is InChI=1S/C39H22N4OS/c1-2-10-23(11-3-1)37-40-38(24-18-19-27-26-13-5-8-16-32(26)44-33(27)22-24)42-39(41-37)43-31-15-7-4-12-25(31)29-20-21-30-28-14-6-9-17-34(28)45-36(30)35(29)43/h1-22H/i4D,6D,7D,9D,12D,14D,15D,17D,20D,21D. The van der Waals surface area contributed by atoms with Crippen LogP contribution in [0.4, 0.5) is 0 Å². The topological polar surface area (TPSA) is 56.7 Å². The zero-order valence-electron chi connectivity index (χ0n) is 33.0. The molecular weight excluding hydrogens is 573 g/mol. The van der Waals surface area contributed by atoms with Gasteiger partial charge in [-0.05, 0) is 30.3 Å². The molecule has 10 rings (SSSR count). The second kappa shape index (κ2) is 9.32. The fraction of sp³-hybridized carbons (Fsp3) is 0. The lowest BCUT2D eigenvalue weighted by molar-refractivity contribution is 0.669. The Balaban J connectivity index is 1.40. The van der Waals surface area contributed by atoms with Crippen LogP contribution in [0.15, 0.2) is 138 Å². The van der Waals surface area contributed by atoms with Gasteiger partial charge in [0.1, 0.15) is 11.2 Å². The van der Waals surface area contributed by atoms with Crippen molar-refractivity contribution in [1.82, 2.24) is 19.5 Å². The van der Waals surface area contributed by atoms with Crippen LogP contribution in [0.3, 0.4) is 0 Å². The van der Waals surface area contributed by atoms with Crippen LogP contribution in [0.25, 0.3) is 92.6 Å². The maximum atomic E-state index is 9.33. The molecule has 0 aliphatic carbocycles. The number of aromatic nitrogens is 4. The summed E-state index contributed by atoms with van der Waals surface area (Å²) in [7, 11) is 0. The Hall–Kier alpha value is -5.85. The Kier molecular flexibility index (Phi) is 3.49. The number of para-hydroxylation sites is 2. The van der Waals surface area contributed by atoms with Gasteiger partial charge < -0.3 is 4.42 Å². The van der Waals surface area contributed by atoms with Crippen molar-refractivity contribution in [2.75, 3.05) is 0 Å². The predicted molar refractivity (Wildman–Crippen MR) is 185 cm³/mol. The van der Waals surface area contributed by atoms with Gasteiger partial charge in [-0.2, -0.15) is 9.97 Å². The van der Waals surface area contributed by atoms with Gasteiger partial charge >= 0.3 is 0 Å². The highest BCUT2D eigenvalue weighted by Gasteiger charge is 2.21. The molecule has 0 fully saturated rings. The average Bonchev–Trinajstić information content (AvgIpc) is 3.90. The van der Waals surface area contributed by atoms with E-state index in [0.717, 1.165) is 22.1 Å². The lowest BCUT2D eigenvalue weighted by Crippen LogP contribution is -2.06. The maximum absolute atomic E-state index is 9.33. The Labute approximate surface area is 274 Å². The van der Waals surface area contributed by atoms with E-state index in [-0.39, 0.29) is 83.7 Å². The SMILES string of the molecule is [2H]c1c([2H])c([2H])c2c(sc3c2c([2H])c([2H])c2c4c([2H])c([2H])c([2H])c([2H])c4n(-c4nc(-c5ccccc5)nc(-c5ccc6c(c5)oc5ccccc56)n4)c32)c1[2H]. The first-order chi connectivity index (χ1) is 26.5. The summed E-state index contributed by atoms with van der Waals surface area (Å²) < 4.78 is 96.4. The number of thiophene rings is 1. The number of fused-ring (bicyclic) bond motifs is 10. The highest BCUT2D eigenvalue weighted by Crippen LogP contribution is 2.43. The molecule has 6 aromatic carbocycles. The molecule has 10 aromatic rings. The molecule has 0 amide bonds. The molecule has 0 aliphatic heterocycles. The van der Waals surface area contributed by atoms with Crippen LogP contribution < -0.4 is 0 Å². The third kappa shape index (κ3) is 3.63. The number of hydrogen-bond donors (Lipinski definition) is 0. The van der Waals surface area contributed by atoms with Crippen LogP contribution >= 0.6 is 11.3 Å². The first kappa shape index (κ1) is 16.9. The van der Waals surface area contributed by atoms with E-state index in [0.29, 0.717) is 22.3 Å². The average molecular weight is 605 g/mol. The van der Waals surface area contributed by atoms with Gasteiger partial charge in [0.25, 0.3) is 0 Å². The van der Waals surface area contributed by atoms with Gasteiger partial charge in [-0.1, -0.05) is 103 Å². The zero-order chi connectivity index (χ0) is 38.2. The lowest BCUT2D eigenvalue weighted by atomic mass is 10.1. The van der Waals surface area contributed by atoms with Crippen molar-refractivity contribution in [3.63, 3.8) is 0 Å². The summed E-state index contributed by atoms with van der Waals surface area (Å²) >= 11 is 0.992. The van der Waals surface area contributed by atoms with E-state index >= 15 is 0 Å². The van der Waals surface area contributed by atoms with E-state index in [9.17, 15) is 4.11 Å². The van der Waals surface area contributed by atoms with Crippen LogP contribution in [0.2, 0.25) is 0 Å². The van der Waals surface area contributed by atoms with Crippen molar-refractivity contribution in [2.45, 2.75) is 0 Å². The molecule has 0 N–H and O–H groups in total. The van der Waals surface area contributed by atoms with Crippen LogP contribution in [-0.2, 0) is 0 Å². The molecule has 4 aromatic heterocycles. The summed E-state index contributed by atoms with van der Waals surface area (Å²) in [5, 5.41) is 2.02. The number of rotatable bonds is 3. The van der Waals surface area contributed by atoms with Crippen LogP contribution in [0.1, 0.15) is 13.7 Å². The molecule has 6 heteroatoms. The van der Waals surface area contributed by atoms with Crippen LogP contribution in [-0.4, -0.2) is 19.5 Å². The lowest BCUT2D eigenvalue weighted by Gasteiger charge is -2.11. The van der Waals surface area contributed by atoms with Crippen molar-refractivity contribution in [1.29, 1.82) is 0 Å². The van der Waals surface area contributed by atoms with Gasteiger partial charge in [-0.15, -0.1) is 11.3 Å². The molecule has 210 valence electrons. The van der Waals surface area contributed by atoms with Crippen molar-refractivity contribution in [3.8, 4) is 28.7 Å². The molecule has 0 bridgehead atoms. The molecule has 0 spiro atoms. The van der Waals surface area contributed by atoms with Crippen molar-refractivity contribution >= 4 is 75.3 Å². The maximum Gasteiger partial charge on any atom is 0.238 e. The normalized spacial score (nSPS) is 15.1. The Bertz CT molecular complexity index is 3340. The monoisotopic (exact) mass is 604 g/mol. The van der Waals surface area contributed by atoms with E-state index in [1.54, 1.807) is 0 Å². The van der Waals surface area contributed by atoms with Gasteiger partial charge in [-0.3, -0.25) is 4.57 Å². The van der Waals surface area contributed by atoms with Crippen molar-refractivity contribution in [3.05, 3.63) is 133 Å². The molecule has 5 nitrogen and oxygen atoms in total. The zero-order valence-corrected chi connectivity index (χ0v) is 23.9. The van der Waals surface area contributed by atoms with E-state index in [1.807, 2.05) is 72.8 Å². The Morgan fingerprint density at radius 1 is 0.578 bits per heavy atom. The van der Waals surface area contributed by atoms with E-state index in [2.05, 4.69) is 0 Å². The van der Waals surface area contributed by atoms with E-state index in [1.165, 1.54) is 4.57 Å². The largest absolute Gasteiger partial charge is 0.456 e. The first-order valence-electron chi connectivity index (χ1n) is 19.1. The first-order valence-corrected chi connectivity index (χ1v) is 14.9. The third-order valence-electron chi connectivity index (χ3n) is 7.96. The molecule has 0 saturated heterocycles. The minimum Gasteiger partial charge on any atom is -0.456 e. The number of nitrogens with zero attached hydrogens (tertiary/aromatic N) is 4. The number of hydrogen-bond acceptors (Lipinski definition) is 5. The van der Waals surface area contributed by atoms with E-state index < -0.39 is 36.3 Å². The Morgan fingerprint density at radius 2 is 1.31 bits per heavy atom. The van der Waals surface area contributed by atoms with Gasteiger partial charge in [0.2, 0.25) is 5.95 Å². The molecule has 0 saturated carbocycles. The summed E-state index contributed by atoms with van der Waals surface area (Å²) in [4.78, 5) is 14.7. The van der Waals surface area contributed by atoms with Crippen molar-refractivity contribution < 1.29 is 18.1 Å². The number of benzene rings is 6.